The van der Waals surface area contributed by atoms with Crippen molar-refractivity contribution >= 4 is 29.2 Å². The lowest BCUT2D eigenvalue weighted by Crippen LogP contribution is -2.13. The van der Waals surface area contributed by atoms with Crippen LogP contribution in [0.15, 0.2) is 42.5 Å². The van der Waals surface area contributed by atoms with Crippen LogP contribution in [0.2, 0.25) is 0 Å². The summed E-state index contributed by atoms with van der Waals surface area (Å²) in [6.45, 7) is 4.76. The average molecular weight is 340 g/mol. The first kappa shape index (κ1) is 18.2. The molecule has 0 saturated heterocycles. The summed E-state index contributed by atoms with van der Waals surface area (Å²) in [6.07, 6.45) is 0.896. The number of esters is 1. The monoisotopic (exact) mass is 340 g/mol. The summed E-state index contributed by atoms with van der Waals surface area (Å²) in [4.78, 5) is 34.9. The lowest BCUT2D eigenvalue weighted by atomic mass is 10.1. The van der Waals surface area contributed by atoms with E-state index >= 15 is 0 Å². The van der Waals surface area contributed by atoms with Crippen LogP contribution in [-0.2, 0) is 16.0 Å². The third kappa shape index (κ3) is 5.46. The summed E-state index contributed by atoms with van der Waals surface area (Å²) in [7, 11) is 0. The maximum absolute atomic E-state index is 12.4. The van der Waals surface area contributed by atoms with Gasteiger partial charge in [-0.3, -0.25) is 9.59 Å². The molecule has 2 rings (SSSR count). The van der Waals surface area contributed by atoms with Crippen molar-refractivity contribution in [3.63, 3.8) is 0 Å². The number of carbonyl (C=O) groups is 3. The highest BCUT2D eigenvalue weighted by Crippen LogP contribution is 2.21. The Hall–Kier alpha value is -3.15. The van der Waals surface area contributed by atoms with E-state index in [9.17, 15) is 14.4 Å². The number of carbonyl (C=O) groups excluding carboxylic acids is 3. The van der Waals surface area contributed by atoms with Gasteiger partial charge in [0, 0.05) is 25.2 Å². The van der Waals surface area contributed by atoms with Crippen LogP contribution >= 0.6 is 0 Å². The number of nitrogens with one attached hydrogen (secondary N) is 2. The highest BCUT2D eigenvalue weighted by atomic mass is 16.5. The molecule has 0 aromatic heterocycles. The van der Waals surface area contributed by atoms with Gasteiger partial charge in [-0.2, -0.15) is 0 Å². The normalized spacial score (nSPS) is 10.0. The van der Waals surface area contributed by atoms with Gasteiger partial charge in [-0.05, 0) is 42.3 Å². The highest BCUT2D eigenvalue weighted by Gasteiger charge is 2.13. The molecule has 0 aliphatic carbocycles. The zero-order valence-corrected chi connectivity index (χ0v) is 14.4. The molecule has 2 aromatic rings. The summed E-state index contributed by atoms with van der Waals surface area (Å²) in [5.74, 6) is -0.722. The molecule has 130 valence electrons. The number of ether oxygens (including phenoxy) is 1. The number of rotatable bonds is 5. The molecule has 0 heterocycles. The standard InChI is InChI=1S/C19H20N2O4/c1-4-14-5-7-18(8-6-14)25-19(24)15-9-16(20-12(2)22)11-17(10-15)21-13(3)23/h5-11H,4H2,1-3H3,(H,20,22)(H,21,23). The maximum Gasteiger partial charge on any atom is 0.343 e. The highest BCUT2D eigenvalue weighted by molar-refractivity contribution is 5.98. The Morgan fingerprint density at radius 1 is 0.880 bits per heavy atom. The minimum Gasteiger partial charge on any atom is -0.423 e. The summed E-state index contributed by atoms with van der Waals surface area (Å²) in [5, 5.41) is 5.19. The van der Waals surface area contributed by atoms with Crippen molar-refractivity contribution in [1.29, 1.82) is 0 Å². The lowest BCUT2D eigenvalue weighted by Gasteiger charge is -2.11. The molecule has 2 amide bonds. The van der Waals surface area contributed by atoms with E-state index in [0.717, 1.165) is 12.0 Å². The van der Waals surface area contributed by atoms with Crippen molar-refractivity contribution in [2.24, 2.45) is 0 Å². The van der Waals surface area contributed by atoms with Gasteiger partial charge in [0.2, 0.25) is 11.8 Å². The summed E-state index contributed by atoms with van der Waals surface area (Å²) in [5.41, 5.74) is 2.15. The van der Waals surface area contributed by atoms with Crippen molar-refractivity contribution < 1.29 is 19.1 Å². The van der Waals surface area contributed by atoms with E-state index in [2.05, 4.69) is 10.6 Å². The van der Waals surface area contributed by atoms with E-state index in [1.807, 2.05) is 19.1 Å². The van der Waals surface area contributed by atoms with E-state index in [-0.39, 0.29) is 17.4 Å². The van der Waals surface area contributed by atoms with E-state index in [4.69, 9.17) is 4.74 Å². The number of amides is 2. The fourth-order valence-corrected chi connectivity index (χ4v) is 2.26. The largest absolute Gasteiger partial charge is 0.423 e. The quantitative estimate of drug-likeness (QED) is 0.645. The second kappa shape index (κ2) is 8.10. The molecule has 0 unspecified atom stereocenters. The van der Waals surface area contributed by atoms with Gasteiger partial charge < -0.3 is 15.4 Å². The second-order valence-corrected chi connectivity index (χ2v) is 5.55. The van der Waals surface area contributed by atoms with Crippen LogP contribution in [0.5, 0.6) is 5.75 Å². The van der Waals surface area contributed by atoms with Crippen molar-refractivity contribution in [3.05, 3.63) is 53.6 Å². The smallest absolute Gasteiger partial charge is 0.343 e. The number of hydrogen-bond donors (Lipinski definition) is 2. The van der Waals surface area contributed by atoms with Crippen molar-refractivity contribution in [2.75, 3.05) is 10.6 Å². The Kier molecular flexibility index (Phi) is 5.89. The maximum atomic E-state index is 12.4. The molecule has 6 nitrogen and oxygen atoms in total. The van der Waals surface area contributed by atoms with Crippen LogP contribution in [0.3, 0.4) is 0 Å². The van der Waals surface area contributed by atoms with Crippen LogP contribution in [-0.4, -0.2) is 17.8 Å². The van der Waals surface area contributed by atoms with Crippen LogP contribution < -0.4 is 15.4 Å². The number of hydrogen-bond acceptors (Lipinski definition) is 4. The van der Waals surface area contributed by atoms with Crippen LogP contribution in [0.4, 0.5) is 11.4 Å². The van der Waals surface area contributed by atoms with Crippen LogP contribution in [0, 0.1) is 0 Å². The molecule has 2 N–H and O–H groups in total. The first-order valence-corrected chi connectivity index (χ1v) is 7.88. The molecular formula is C19H20N2O4. The Bertz CT molecular complexity index is 763. The molecule has 0 bridgehead atoms. The number of benzene rings is 2. The molecule has 0 aliphatic heterocycles. The molecule has 0 spiro atoms. The number of aryl methyl sites for hydroxylation is 1. The average Bonchev–Trinajstić information content (AvgIpc) is 2.54. The van der Waals surface area contributed by atoms with Crippen molar-refractivity contribution in [3.8, 4) is 5.75 Å². The fraction of sp³-hybridized carbons (Fsp3) is 0.211. The zero-order valence-electron chi connectivity index (χ0n) is 14.4. The first-order chi connectivity index (χ1) is 11.9. The Balaban J connectivity index is 2.26. The molecular weight excluding hydrogens is 320 g/mol. The second-order valence-electron chi connectivity index (χ2n) is 5.55. The summed E-state index contributed by atoms with van der Waals surface area (Å²) >= 11 is 0. The molecule has 0 aliphatic rings. The van der Waals surface area contributed by atoms with Gasteiger partial charge in [0.25, 0.3) is 0 Å². The van der Waals surface area contributed by atoms with Crippen LogP contribution in [0.1, 0.15) is 36.7 Å². The Morgan fingerprint density at radius 3 is 1.84 bits per heavy atom. The van der Waals surface area contributed by atoms with E-state index in [0.29, 0.717) is 17.1 Å². The fourth-order valence-electron chi connectivity index (χ4n) is 2.26. The van der Waals surface area contributed by atoms with E-state index < -0.39 is 5.97 Å². The minimum atomic E-state index is -0.581. The summed E-state index contributed by atoms with van der Waals surface area (Å²) < 4.78 is 5.36. The van der Waals surface area contributed by atoms with Gasteiger partial charge in [0.05, 0.1) is 5.56 Å². The van der Waals surface area contributed by atoms with Gasteiger partial charge in [0.1, 0.15) is 5.75 Å². The predicted molar refractivity (Wildman–Crippen MR) is 95.8 cm³/mol. The third-order valence-electron chi connectivity index (χ3n) is 3.35. The topological polar surface area (TPSA) is 84.5 Å². The Morgan fingerprint density at radius 2 is 1.40 bits per heavy atom. The first-order valence-electron chi connectivity index (χ1n) is 7.88. The van der Waals surface area contributed by atoms with Gasteiger partial charge in [0.15, 0.2) is 0 Å². The molecule has 6 heteroatoms. The van der Waals surface area contributed by atoms with Gasteiger partial charge >= 0.3 is 5.97 Å². The van der Waals surface area contributed by atoms with Gasteiger partial charge in [-0.15, -0.1) is 0 Å². The van der Waals surface area contributed by atoms with Crippen molar-refractivity contribution in [1.82, 2.24) is 0 Å². The number of anilines is 2. The molecule has 0 fully saturated rings. The zero-order chi connectivity index (χ0) is 18.4. The lowest BCUT2D eigenvalue weighted by molar-refractivity contribution is -0.115. The predicted octanol–water partition coefficient (Wildman–Crippen LogP) is 3.39. The SMILES string of the molecule is CCc1ccc(OC(=O)c2cc(NC(C)=O)cc(NC(C)=O)c2)cc1. The minimum absolute atomic E-state index is 0.217. The molecule has 25 heavy (non-hydrogen) atoms. The van der Waals surface area contributed by atoms with Crippen molar-refractivity contribution in [2.45, 2.75) is 27.2 Å². The molecule has 0 saturated carbocycles. The van der Waals surface area contributed by atoms with Gasteiger partial charge in [-0.25, -0.2) is 4.79 Å². The van der Waals surface area contributed by atoms with E-state index in [1.54, 1.807) is 18.2 Å². The molecule has 0 atom stereocenters. The van der Waals surface area contributed by atoms with E-state index in [1.165, 1.54) is 26.0 Å². The molecule has 2 aromatic carbocycles. The third-order valence-corrected chi connectivity index (χ3v) is 3.35. The summed E-state index contributed by atoms with van der Waals surface area (Å²) in [6, 6.07) is 11.8. The van der Waals surface area contributed by atoms with Gasteiger partial charge in [-0.1, -0.05) is 19.1 Å². The Labute approximate surface area is 146 Å². The van der Waals surface area contributed by atoms with Crippen LogP contribution in [0.25, 0.3) is 0 Å². The molecule has 0 radical (unpaired) electrons.